The van der Waals surface area contributed by atoms with Gasteiger partial charge in [-0.15, -0.1) is 0 Å². The van der Waals surface area contributed by atoms with Gasteiger partial charge in [-0.3, -0.25) is 15.8 Å². The van der Waals surface area contributed by atoms with Crippen molar-refractivity contribution in [3.05, 3.63) is 30.1 Å². The van der Waals surface area contributed by atoms with Crippen molar-refractivity contribution in [1.29, 1.82) is 0 Å². The standard InChI is InChI=1S/C7H9N.C2H6N2OS.CH4N2OS/c1-2-7-5-3-4-6-8-7;1-5-2(6)4-3;2-3-1(4)5/h3-6H,2H2,1H3;3H2,1H3,(H,4,6);2H2,(H2,3,4,5). The van der Waals surface area contributed by atoms with E-state index in [1.807, 2.05) is 29.8 Å². The fourth-order valence-electron chi connectivity index (χ4n) is 0.666. The molecule has 1 aromatic heterocycles. The lowest BCUT2D eigenvalue weighted by atomic mass is 10.3. The molecule has 0 aliphatic heterocycles. The molecule has 0 atom stereocenters. The lowest BCUT2D eigenvalue weighted by Crippen LogP contribution is -2.29. The smallest absolute Gasteiger partial charge is 0.270 e. The number of nitrogens with zero attached hydrogens (tertiary/aromatic N) is 1. The molecule has 7 N–H and O–H groups in total. The number of hydrazine groups is 2. The maximum absolute atomic E-state index is 7.86. The van der Waals surface area contributed by atoms with Gasteiger partial charge in [0.25, 0.3) is 10.3 Å². The number of pyridine rings is 1. The van der Waals surface area contributed by atoms with E-state index in [0.29, 0.717) is 0 Å². The monoisotopic (exact) mass is 305 g/mol. The zero-order chi connectivity index (χ0) is 15.1. The third-order valence-electron chi connectivity index (χ3n) is 1.52. The summed E-state index contributed by atoms with van der Waals surface area (Å²) in [7, 11) is 1.45. The van der Waals surface area contributed by atoms with Crippen LogP contribution >= 0.6 is 24.4 Å². The normalized spacial score (nSPS) is 7.79. The number of nitrogens with one attached hydrogen (secondary N) is 2. The van der Waals surface area contributed by atoms with Crippen LogP contribution in [0.25, 0.3) is 0 Å². The highest BCUT2D eigenvalue weighted by Crippen LogP contribution is 1.91. The molecule has 0 unspecified atom stereocenters. The van der Waals surface area contributed by atoms with Crippen molar-refractivity contribution in [3.63, 3.8) is 0 Å². The van der Waals surface area contributed by atoms with E-state index in [-0.39, 0.29) is 10.3 Å². The minimum atomic E-state index is -0.384. The van der Waals surface area contributed by atoms with Crippen molar-refractivity contribution in [3.8, 4) is 0 Å². The Balaban J connectivity index is 0. The van der Waals surface area contributed by atoms with E-state index >= 15 is 0 Å². The SMILES string of the molecule is CCc1ccccn1.COC(=S)NN.NNC(O)=S. The summed E-state index contributed by atoms with van der Waals surface area (Å²) in [5.41, 5.74) is 5.10. The Kier molecular flexibility index (Phi) is 15.1. The van der Waals surface area contributed by atoms with Crippen LogP contribution in [0.15, 0.2) is 24.4 Å². The first-order valence-corrected chi connectivity index (χ1v) is 5.97. The molecule has 9 heteroatoms. The molecule has 108 valence electrons. The Morgan fingerprint density at radius 3 is 2.11 bits per heavy atom. The molecule has 0 aliphatic carbocycles. The van der Waals surface area contributed by atoms with Gasteiger partial charge < -0.3 is 9.84 Å². The molecule has 7 nitrogen and oxygen atoms in total. The molecule has 0 amide bonds. The van der Waals surface area contributed by atoms with Gasteiger partial charge in [0.1, 0.15) is 0 Å². The molecule has 0 fully saturated rings. The minimum Gasteiger partial charge on any atom is -0.486 e. The Labute approximate surface area is 123 Å². The first-order valence-electron chi connectivity index (χ1n) is 5.15. The zero-order valence-corrected chi connectivity index (χ0v) is 12.4. The maximum atomic E-state index is 7.86. The third-order valence-corrected chi connectivity index (χ3v) is 1.92. The number of thiocarbonyl (C=S) groups is 2. The zero-order valence-electron chi connectivity index (χ0n) is 10.8. The number of ether oxygens (including phenoxy) is 1. The van der Waals surface area contributed by atoms with Crippen LogP contribution in [0.3, 0.4) is 0 Å². The second-order valence-electron chi connectivity index (χ2n) is 2.76. The molecule has 1 rings (SSSR count). The van der Waals surface area contributed by atoms with Gasteiger partial charge in [0.15, 0.2) is 0 Å². The molecular formula is C10H19N5O2S2. The fourth-order valence-corrected chi connectivity index (χ4v) is 0.666. The summed E-state index contributed by atoms with van der Waals surface area (Å²) in [6.07, 6.45) is 2.85. The van der Waals surface area contributed by atoms with Crippen LogP contribution in [0.1, 0.15) is 12.6 Å². The van der Waals surface area contributed by atoms with E-state index in [0.717, 1.165) is 12.1 Å². The Morgan fingerprint density at radius 1 is 1.37 bits per heavy atom. The summed E-state index contributed by atoms with van der Waals surface area (Å²) in [6.45, 7) is 2.10. The van der Waals surface area contributed by atoms with Gasteiger partial charge in [-0.25, -0.2) is 11.7 Å². The Morgan fingerprint density at radius 2 is 1.95 bits per heavy atom. The Hall–Kier alpha value is -1.55. The largest absolute Gasteiger partial charge is 0.486 e. The van der Waals surface area contributed by atoms with Crippen molar-refractivity contribution in [1.82, 2.24) is 15.8 Å². The van der Waals surface area contributed by atoms with Gasteiger partial charge in [0.05, 0.1) is 7.11 Å². The van der Waals surface area contributed by atoms with Crippen molar-refractivity contribution in [2.75, 3.05) is 7.11 Å². The fraction of sp³-hybridized carbons (Fsp3) is 0.300. The first kappa shape index (κ1) is 19.8. The van der Waals surface area contributed by atoms with Gasteiger partial charge >= 0.3 is 0 Å². The number of methoxy groups -OCH3 is 1. The lowest BCUT2D eigenvalue weighted by Gasteiger charge is -1.94. The van der Waals surface area contributed by atoms with Gasteiger partial charge in [-0.05, 0) is 43.0 Å². The maximum Gasteiger partial charge on any atom is 0.270 e. The summed E-state index contributed by atoms with van der Waals surface area (Å²) in [5.74, 6) is 9.30. The topological polar surface area (TPSA) is 118 Å². The van der Waals surface area contributed by atoms with E-state index < -0.39 is 0 Å². The number of aliphatic hydroxyl groups is 1. The van der Waals surface area contributed by atoms with Gasteiger partial charge in [0.2, 0.25) is 0 Å². The molecule has 0 bridgehead atoms. The van der Waals surface area contributed by atoms with E-state index in [9.17, 15) is 0 Å². The molecule has 0 spiro atoms. The van der Waals surface area contributed by atoms with Crippen molar-refractivity contribution >= 4 is 34.8 Å². The van der Waals surface area contributed by atoms with E-state index in [2.05, 4.69) is 52.3 Å². The average Bonchev–Trinajstić information content (AvgIpc) is 2.48. The third kappa shape index (κ3) is 16.4. The van der Waals surface area contributed by atoms with Crippen molar-refractivity contribution in [2.45, 2.75) is 13.3 Å². The van der Waals surface area contributed by atoms with E-state index in [1.54, 1.807) is 0 Å². The predicted molar refractivity (Wildman–Crippen MR) is 83.1 cm³/mol. The number of aliphatic hydroxyl groups excluding tert-OH is 1. The second-order valence-corrected chi connectivity index (χ2v) is 3.52. The molecule has 19 heavy (non-hydrogen) atoms. The summed E-state index contributed by atoms with van der Waals surface area (Å²) in [4.78, 5) is 4.10. The number of aromatic nitrogens is 1. The summed E-state index contributed by atoms with van der Waals surface area (Å²) in [5, 5.41) is 7.68. The molecule has 0 aliphatic rings. The molecule has 1 aromatic rings. The second kappa shape index (κ2) is 14.5. The first-order chi connectivity index (χ1) is 9.01. The molecule has 0 aromatic carbocycles. The number of nitrogens with two attached hydrogens (primary N) is 2. The summed E-state index contributed by atoms with van der Waals surface area (Å²) in [6, 6.07) is 5.96. The summed E-state index contributed by atoms with van der Waals surface area (Å²) < 4.78 is 4.39. The highest BCUT2D eigenvalue weighted by Gasteiger charge is 1.81. The highest BCUT2D eigenvalue weighted by molar-refractivity contribution is 7.80. The van der Waals surface area contributed by atoms with Crippen LogP contribution in [0.2, 0.25) is 0 Å². The predicted octanol–water partition coefficient (Wildman–Crippen LogP) is 0.318. The minimum absolute atomic E-state index is 0.204. The molecule has 0 radical (unpaired) electrons. The number of rotatable bonds is 1. The van der Waals surface area contributed by atoms with Crippen LogP contribution in [0.4, 0.5) is 0 Å². The molecule has 0 saturated heterocycles. The van der Waals surface area contributed by atoms with Gasteiger partial charge in [-0.2, -0.15) is 0 Å². The summed E-state index contributed by atoms with van der Waals surface area (Å²) >= 11 is 8.41. The van der Waals surface area contributed by atoms with Crippen LogP contribution in [0.5, 0.6) is 0 Å². The lowest BCUT2D eigenvalue weighted by molar-refractivity contribution is 0.394. The van der Waals surface area contributed by atoms with Gasteiger partial charge in [-0.1, -0.05) is 13.0 Å². The average molecular weight is 305 g/mol. The van der Waals surface area contributed by atoms with Crippen LogP contribution in [-0.2, 0) is 11.2 Å². The number of hydrogen-bond acceptors (Lipinski definition) is 6. The van der Waals surface area contributed by atoms with Crippen LogP contribution in [-0.4, -0.2) is 27.5 Å². The Bertz CT molecular complexity index is 345. The molecule has 0 saturated carbocycles. The van der Waals surface area contributed by atoms with Crippen molar-refractivity contribution < 1.29 is 9.84 Å². The molecule has 1 heterocycles. The van der Waals surface area contributed by atoms with E-state index in [4.69, 9.17) is 10.9 Å². The van der Waals surface area contributed by atoms with Crippen LogP contribution < -0.4 is 22.5 Å². The van der Waals surface area contributed by atoms with E-state index in [1.165, 1.54) is 7.11 Å². The van der Waals surface area contributed by atoms with Crippen LogP contribution in [0, 0.1) is 0 Å². The quantitative estimate of drug-likeness (QED) is 0.284. The molecular weight excluding hydrogens is 286 g/mol. The van der Waals surface area contributed by atoms with Crippen molar-refractivity contribution in [2.24, 2.45) is 11.7 Å². The highest BCUT2D eigenvalue weighted by atomic mass is 32.1. The van der Waals surface area contributed by atoms with Gasteiger partial charge in [0, 0.05) is 11.9 Å². The number of hydrogen-bond donors (Lipinski definition) is 5. The number of aryl methyl sites for hydroxylation is 1.